The summed E-state index contributed by atoms with van der Waals surface area (Å²) in [5.74, 6) is -0.232. The summed E-state index contributed by atoms with van der Waals surface area (Å²) in [5, 5.41) is 11.0. The summed E-state index contributed by atoms with van der Waals surface area (Å²) in [7, 11) is 4.69. The first-order chi connectivity index (χ1) is 19.4. The Hall–Kier alpha value is -3.80. The van der Waals surface area contributed by atoms with Crippen molar-refractivity contribution in [3.8, 4) is 17.0 Å². The molecule has 0 spiro atoms. The first kappa shape index (κ1) is 30.2. The number of methoxy groups -OCH3 is 1. The smallest absolute Gasteiger partial charge is 0.410 e. The molecule has 0 saturated carbocycles. The lowest BCUT2D eigenvalue weighted by Crippen LogP contribution is -2.59. The van der Waals surface area contributed by atoms with Gasteiger partial charge in [-0.1, -0.05) is 0 Å². The van der Waals surface area contributed by atoms with Crippen molar-refractivity contribution in [1.29, 1.82) is 0 Å². The molecule has 3 heterocycles. The number of ether oxygens (including phenoxy) is 3. The van der Waals surface area contributed by atoms with Gasteiger partial charge in [0.25, 0.3) is 0 Å². The zero-order chi connectivity index (χ0) is 29.9. The van der Waals surface area contributed by atoms with Crippen LogP contribution in [0.5, 0.6) is 5.75 Å². The Morgan fingerprint density at radius 1 is 1.22 bits per heavy atom. The van der Waals surface area contributed by atoms with Gasteiger partial charge in [0.1, 0.15) is 23.3 Å². The molecule has 0 radical (unpaired) electrons. The summed E-state index contributed by atoms with van der Waals surface area (Å²) in [6.07, 6.45) is 2.49. The van der Waals surface area contributed by atoms with Crippen LogP contribution in [-0.4, -0.2) is 85.0 Å². The summed E-state index contributed by atoms with van der Waals surface area (Å²) in [4.78, 5) is 27.7. The van der Waals surface area contributed by atoms with Gasteiger partial charge in [0.05, 0.1) is 17.8 Å². The second kappa shape index (κ2) is 12.4. The van der Waals surface area contributed by atoms with E-state index in [-0.39, 0.29) is 30.1 Å². The van der Waals surface area contributed by atoms with Gasteiger partial charge in [-0.05, 0) is 70.4 Å². The van der Waals surface area contributed by atoms with E-state index >= 15 is 4.39 Å². The van der Waals surface area contributed by atoms with Crippen molar-refractivity contribution < 1.29 is 32.6 Å². The minimum atomic E-state index is -1.30. The first-order valence-electron chi connectivity index (χ1n) is 13.5. The number of amides is 2. The van der Waals surface area contributed by atoms with Crippen molar-refractivity contribution in [1.82, 2.24) is 20.4 Å². The zero-order valence-corrected chi connectivity index (χ0v) is 24.2. The van der Waals surface area contributed by atoms with Crippen LogP contribution in [0.4, 0.5) is 19.4 Å². The molecular weight excluding hydrogens is 536 g/mol. The number of fused-ring (bicyclic) bond motifs is 2. The average molecular weight is 574 g/mol. The van der Waals surface area contributed by atoms with Gasteiger partial charge in [0.15, 0.2) is 12.6 Å². The van der Waals surface area contributed by atoms with Gasteiger partial charge in [0.2, 0.25) is 5.91 Å². The monoisotopic (exact) mass is 573 g/mol. The van der Waals surface area contributed by atoms with Gasteiger partial charge in [-0.2, -0.15) is 0 Å². The highest BCUT2D eigenvalue weighted by molar-refractivity contribution is 5.91. The van der Waals surface area contributed by atoms with Crippen LogP contribution in [-0.2, 0) is 14.3 Å². The average Bonchev–Trinajstić information content (AvgIpc) is 3.29. The molecule has 2 aliphatic rings. The molecule has 12 heteroatoms. The van der Waals surface area contributed by atoms with Gasteiger partial charge in [-0.3, -0.25) is 9.69 Å². The lowest BCUT2D eigenvalue weighted by Gasteiger charge is -2.44. The van der Waals surface area contributed by atoms with E-state index in [4.69, 9.17) is 14.2 Å². The van der Waals surface area contributed by atoms with Crippen molar-refractivity contribution >= 4 is 23.9 Å². The van der Waals surface area contributed by atoms with E-state index < -0.39 is 35.8 Å². The lowest BCUT2D eigenvalue weighted by molar-refractivity contribution is -0.116. The SMILES string of the molecule is CNC(=O)/C=C/c1cc(OCOC)c(-c2ccc(N(C)[C@@H]3C[C@H]4CC[C@@H](C3F)N4C(=O)OC(C)(C)C)nn2)cc1F. The van der Waals surface area contributed by atoms with Crippen LogP contribution in [0.15, 0.2) is 30.3 Å². The van der Waals surface area contributed by atoms with E-state index in [1.54, 1.807) is 49.8 Å². The fourth-order valence-electron chi connectivity index (χ4n) is 5.31. The molecule has 2 amide bonds. The van der Waals surface area contributed by atoms with E-state index in [9.17, 15) is 14.0 Å². The van der Waals surface area contributed by atoms with Crippen LogP contribution >= 0.6 is 0 Å². The standard InChI is InChI=1S/C29H37F2N5O5/c1-29(2,3)41-28(38)36-18-8-10-22(36)27(31)23(14-18)35(5)25-11-9-21(33-34-25)19-15-20(30)17(7-12-26(37)32-4)13-24(19)40-16-39-6/h7,9,11-13,15,18,22-23,27H,8,10,14,16H2,1-6H3,(H,32,37)/b12-7+/t18-,22+,23-,27?/m1/s1. The number of piperidine rings is 1. The number of benzene rings is 1. The molecule has 2 aromatic rings. The molecule has 2 bridgehead atoms. The number of anilines is 1. The Balaban J connectivity index is 1.54. The van der Waals surface area contributed by atoms with Crippen molar-refractivity contribution in [2.75, 3.05) is 32.9 Å². The van der Waals surface area contributed by atoms with Crippen molar-refractivity contribution in [2.24, 2.45) is 0 Å². The van der Waals surface area contributed by atoms with E-state index in [2.05, 4.69) is 15.5 Å². The van der Waals surface area contributed by atoms with Crippen LogP contribution in [0.2, 0.25) is 0 Å². The van der Waals surface area contributed by atoms with Crippen molar-refractivity contribution in [3.05, 3.63) is 41.7 Å². The number of aromatic nitrogens is 2. The van der Waals surface area contributed by atoms with Gasteiger partial charge < -0.3 is 24.4 Å². The second-order valence-corrected chi connectivity index (χ2v) is 11.2. The Labute approximate surface area is 238 Å². The van der Waals surface area contributed by atoms with Gasteiger partial charge in [0, 0.05) is 44.4 Å². The minimum Gasteiger partial charge on any atom is -0.467 e. The van der Waals surface area contributed by atoms with Gasteiger partial charge >= 0.3 is 6.09 Å². The van der Waals surface area contributed by atoms with Crippen LogP contribution in [0.3, 0.4) is 0 Å². The van der Waals surface area contributed by atoms with Crippen molar-refractivity contribution in [3.63, 3.8) is 0 Å². The second-order valence-electron chi connectivity index (χ2n) is 11.2. The molecule has 2 saturated heterocycles. The largest absolute Gasteiger partial charge is 0.467 e. The molecule has 2 fully saturated rings. The number of likely N-dealkylation sites (N-methyl/N-ethyl adjacent to an activating group) is 1. The quantitative estimate of drug-likeness (QED) is 0.367. The number of carbonyl (C=O) groups excluding carboxylic acids is 2. The van der Waals surface area contributed by atoms with E-state index in [1.165, 1.54) is 38.4 Å². The topological polar surface area (TPSA) is 106 Å². The highest BCUT2D eigenvalue weighted by Crippen LogP contribution is 2.41. The van der Waals surface area contributed by atoms with Crippen LogP contribution in [0.1, 0.15) is 45.6 Å². The van der Waals surface area contributed by atoms with Crippen molar-refractivity contribution in [2.45, 2.75) is 69.9 Å². The molecule has 10 nitrogen and oxygen atoms in total. The molecule has 1 unspecified atom stereocenters. The fourth-order valence-corrected chi connectivity index (χ4v) is 5.31. The first-order valence-corrected chi connectivity index (χ1v) is 13.5. The third-order valence-corrected chi connectivity index (χ3v) is 7.28. The number of rotatable bonds is 8. The molecule has 2 aliphatic heterocycles. The van der Waals surface area contributed by atoms with E-state index in [0.29, 0.717) is 36.3 Å². The third kappa shape index (κ3) is 6.75. The number of halogens is 2. The molecule has 1 aromatic heterocycles. The highest BCUT2D eigenvalue weighted by Gasteiger charge is 2.52. The maximum atomic E-state index is 15.8. The van der Waals surface area contributed by atoms with Gasteiger partial charge in [-0.25, -0.2) is 13.6 Å². The molecular formula is C29H37F2N5O5. The van der Waals surface area contributed by atoms with Crippen LogP contribution in [0, 0.1) is 5.82 Å². The maximum absolute atomic E-state index is 15.8. The fraction of sp³-hybridized carbons (Fsp3) is 0.517. The number of nitrogens with one attached hydrogen (secondary N) is 1. The van der Waals surface area contributed by atoms with E-state index in [0.717, 1.165) is 0 Å². The molecule has 4 atom stereocenters. The number of nitrogens with zero attached hydrogens (tertiary/aromatic N) is 4. The maximum Gasteiger partial charge on any atom is 0.410 e. The summed E-state index contributed by atoms with van der Waals surface area (Å²) in [5.41, 5.74) is 0.165. The number of alkyl halides is 1. The molecule has 41 heavy (non-hydrogen) atoms. The lowest BCUT2D eigenvalue weighted by atomic mass is 9.94. The summed E-state index contributed by atoms with van der Waals surface area (Å²) < 4.78 is 47.0. The van der Waals surface area contributed by atoms with Gasteiger partial charge in [-0.15, -0.1) is 10.2 Å². The number of carbonyl (C=O) groups is 2. The predicted octanol–water partition coefficient (Wildman–Crippen LogP) is 4.34. The molecule has 222 valence electrons. The molecule has 1 aromatic carbocycles. The summed E-state index contributed by atoms with van der Waals surface area (Å²) in [6.45, 7) is 5.29. The Kier molecular flexibility index (Phi) is 9.11. The molecule has 4 rings (SSSR count). The van der Waals surface area contributed by atoms with Crippen LogP contribution < -0.4 is 15.0 Å². The predicted molar refractivity (Wildman–Crippen MR) is 150 cm³/mol. The Morgan fingerprint density at radius 3 is 2.61 bits per heavy atom. The summed E-state index contributed by atoms with van der Waals surface area (Å²) >= 11 is 0. The highest BCUT2D eigenvalue weighted by atomic mass is 19.1. The minimum absolute atomic E-state index is 0.0896. The zero-order valence-electron chi connectivity index (χ0n) is 24.2. The normalized spacial score (nSPS) is 22.1. The number of hydrogen-bond acceptors (Lipinski definition) is 8. The summed E-state index contributed by atoms with van der Waals surface area (Å²) in [6, 6.07) is 4.86. The van der Waals surface area contributed by atoms with E-state index in [1.807, 2.05) is 0 Å². The molecule has 0 aliphatic carbocycles. The Morgan fingerprint density at radius 2 is 1.98 bits per heavy atom. The third-order valence-electron chi connectivity index (χ3n) is 7.28. The van der Waals surface area contributed by atoms with Crippen LogP contribution in [0.25, 0.3) is 17.3 Å². The molecule has 1 N–H and O–H groups in total. The number of hydrogen-bond donors (Lipinski definition) is 1. The Bertz CT molecular complexity index is 1280.